The summed E-state index contributed by atoms with van der Waals surface area (Å²) in [6.45, 7) is 9.92. The molecule has 1 unspecified atom stereocenters. The molecule has 0 amide bonds. The van der Waals surface area contributed by atoms with Gasteiger partial charge in [-0.15, -0.1) is 0 Å². The summed E-state index contributed by atoms with van der Waals surface area (Å²) in [6, 6.07) is 0.707. The van der Waals surface area contributed by atoms with Crippen LogP contribution < -0.4 is 5.32 Å². The van der Waals surface area contributed by atoms with Gasteiger partial charge in [0.05, 0.1) is 0 Å². The summed E-state index contributed by atoms with van der Waals surface area (Å²) in [6.07, 6.45) is 9.93. The van der Waals surface area contributed by atoms with Gasteiger partial charge >= 0.3 is 0 Å². The first-order valence-electron chi connectivity index (χ1n) is 7.70. The Morgan fingerprint density at radius 2 is 1.94 bits per heavy atom. The van der Waals surface area contributed by atoms with E-state index in [9.17, 15) is 0 Å². The lowest BCUT2D eigenvalue weighted by Gasteiger charge is -2.36. The molecule has 0 aromatic heterocycles. The van der Waals surface area contributed by atoms with Gasteiger partial charge in [-0.25, -0.2) is 0 Å². The molecule has 2 aliphatic rings. The molecule has 1 atom stereocenters. The summed E-state index contributed by atoms with van der Waals surface area (Å²) >= 11 is 0. The molecule has 2 nitrogen and oxygen atoms in total. The summed E-state index contributed by atoms with van der Waals surface area (Å²) in [5, 5.41) is 3.60. The molecule has 100 valence electrons. The molecule has 1 saturated carbocycles. The van der Waals surface area contributed by atoms with Crippen LogP contribution in [0.3, 0.4) is 0 Å². The molecule has 1 N–H and O–H groups in total. The third-order valence-corrected chi connectivity index (χ3v) is 5.00. The predicted octanol–water partition coefficient (Wildman–Crippen LogP) is 3.03. The molecule has 1 saturated heterocycles. The zero-order chi connectivity index (χ0) is 12.1. The van der Waals surface area contributed by atoms with Crippen molar-refractivity contribution in [2.45, 2.75) is 64.8 Å². The van der Waals surface area contributed by atoms with Gasteiger partial charge in [-0.1, -0.05) is 19.8 Å². The molecule has 0 aromatic rings. The zero-order valence-corrected chi connectivity index (χ0v) is 11.8. The summed E-state index contributed by atoms with van der Waals surface area (Å²) in [7, 11) is 0. The fourth-order valence-corrected chi connectivity index (χ4v) is 3.62. The molecule has 0 aromatic carbocycles. The lowest BCUT2D eigenvalue weighted by atomic mass is 9.82. The molecule has 1 aliphatic heterocycles. The number of nitrogens with one attached hydrogen (secondary N) is 1. The van der Waals surface area contributed by atoms with E-state index >= 15 is 0 Å². The van der Waals surface area contributed by atoms with Gasteiger partial charge in [0, 0.05) is 12.6 Å². The zero-order valence-electron chi connectivity index (χ0n) is 11.8. The largest absolute Gasteiger partial charge is 0.314 e. The molecule has 0 spiro atoms. The van der Waals surface area contributed by atoms with E-state index in [1.54, 1.807) is 0 Å². The molecule has 2 rings (SSSR count). The monoisotopic (exact) mass is 238 g/mol. The van der Waals surface area contributed by atoms with Crippen molar-refractivity contribution in [1.29, 1.82) is 0 Å². The van der Waals surface area contributed by atoms with Crippen molar-refractivity contribution < 1.29 is 0 Å². The Morgan fingerprint density at radius 3 is 2.65 bits per heavy atom. The van der Waals surface area contributed by atoms with Crippen LogP contribution in [-0.2, 0) is 0 Å². The Bertz CT molecular complexity index is 221. The van der Waals surface area contributed by atoms with Gasteiger partial charge in [0.1, 0.15) is 0 Å². The third-order valence-electron chi connectivity index (χ3n) is 5.00. The summed E-state index contributed by atoms with van der Waals surface area (Å²) in [5.41, 5.74) is 0.676. The van der Waals surface area contributed by atoms with Gasteiger partial charge in [-0.2, -0.15) is 0 Å². The number of rotatable bonds is 3. The highest BCUT2D eigenvalue weighted by Gasteiger charge is 2.33. The van der Waals surface area contributed by atoms with E-state index in [1.807, 2.05) is 0 Å². The standard InChI is InChI=1S/C15H30N2/c1-3-15(8-4-5-9-15)13-17-11-6-10-16-14(2)7-12-17/h14,16H,3-13H2,1-2H3. The smallest absolute Gasteiger partial charge is 0.00509 e. The molecule has 1 heterocycles. The van der Waals surface area contributed by atoms with Gasteiger partial charge < -0.3 is 10.2 Å². The highest BCUT2D eigenvalue weighted by Crippen LogP contribution is 2.41. The van der Waals surface area contributed by atoms with Crippen molar-refractivity contribution in [3.8, 4) is 0 Å². The molecule has 1 aliphatic carbocycles. The van der Waals surface area contributed by atoms with E-state index < -0.39 is 0 Å². The van der Waals surface area contributed by atoms with Gasteiger partial charge in [0.2, 0.25) is 0 Å². The van der Waals surface area contributed by atoms with Gasteiger partial charge in [0.15, 0.2) is 0 Å². The normalized spacial score (nSPS) is 31.1. The van der Waals surface area contributed by atoms with Crippen LogP contribution in [0, 0.1) is 5.41 Å². The minimum atomic E-state index is 0.676. The Hall–Kier alpha value is -0.0800. The van der Waals surface area contributed by atoms with E-state index in [4.69, 9.17) is 0 Å². The van der Waals surface area contributed by atoms with E-state index in [0.29, 0.717) is 11.5 Å². The number of nitrogens with zero attached hydrogens (tertiary/aromatic N) is 1. The van der Waals surface area contributed by atoms with Crippen LogP contribution in [0.5, 0.6) is 0 Å². The highest BCUT2D eigenvalue weighted by molar-refractivity contribution is 4.87. The molecular formula is C15H30N2. The Balaban J connectivity index is 1.87. The number of hydrogen-bond acceptors (Lipinski definition) is 2. The first-order valence-corrected chi connectivity index (χ1v) is 7.70. The van der Waals surface area contributed by atoms with Crippen molar-refractivity contribution in [1.82, 2.24) is 10.2 Å². The van der Waals surface area contributed by atoms with E-state index in [2.05, 4.69) is 24.1 Å². The van der Waals surface area contributed by atoms with Crippen molar-refractivity contribution in [3.63, 3.8) is 0 Å². The lowest BCUT2D eigenvalue weighted by molar-refractivity contribution is 0.134. The average molecular weight is 238 g/mol. The fraction of sp³-hybridized carbons (Fsp3) is 1.00. The van der Waals surface area contributed by atoms with Gasteiger partial charge in [0.25, 0.3) is 0 Å². The fourth-order valence-electron chi connectivity index (χ4n) is 3.62. The molecule has 2 fully saturated rings. The first kappa shape index (κ1) is 13.4. The molecule has 17 heavy (non-hydrogen) atoms. The van der Waals surface area contributed by atoms with Crippen molar-refractivity contribution >= 4 is 0 Å². The van der Waals surface area contributed by atoms with Crippen LogP contribution in [0.1, 0.15) is 58.8 Å². The van der Waals surface area contributed by atoms with E-state index in [0.717, 1.165) is 0 Å². The molecule has 0 radical (unpaired) electrons. The first-order chi connectivity index (χ1) is 8.24. The van der Waals surface area contributed by atoms with Crippen LogP contribution in [0.25, 0.3) is 0 Å². The van der Waals surface area contributed by atoms with Crippen LogP contribution in [0.2, 0.25) is 0 Å². The third kappa shape index (κ3) is 3.69. The van der Waals surface area contributed by atoms with Crippen molar-refractivity contribution in [2.75, 3.05) is 26.2 Å². The maximum Gasteiger partial charge on any atom is 0.00509 e. The minimum absolute atomic E-state index is 0.676. The SMILES string of the molecule is CCC1(CN2CCCNC(C)CC2)CCCC1. The summed E-state index contributed by atoms with van der Waals surface area (Å²) in [4.78, 5) is 2.76. The van der Waals surface area contributed by atoms with Crippen LogP contribution in [0.15, 0.2) is 0 Å². The topological polar surface area (TPSA) is 15.3 Å². The predicted molar refractivity (Wildman–Crippen MR) is 74.3 cm³/mol. The summed E-state index contributed by atoms with van der Waals surface area (Å²) < 4.78 is 0. The molecular weight excluding hydrogens is 208 g/mol. The average Bonchev–Trinajstić information content (AvgIpc) is 2.78. The quantitative estimate of drug-likeness (QED) is 0.813. The molecule has 2 heteroatoms. The lowest BCUT2D eigenvalue weighted by Crippen LogP contribution is -2.42. The number of hydrogen-bond donors (Lipinski definition) is 1. The van der Waals surface area contributed by atoms with Crippen LogP contribution >= 0.6 is 0 Å². The van der Waals surface area contributed by atoms with Crippen molar-refractivity contribution in [2.24, 2.45) is 5.41 Å². The van der Waals surface area contributed by atoms with Crippen molar-refractivity contribution in [3.05, 3.63) is 0 Å². The summed E-state index contributed by atoms with van der Waals surface area (Å²) in [5.74, 6) is 0. The maximum atomic E-state index is 3.60. The van der Waals surface area contributed by atoms with Crippen LogP contribution in [-0.4, -0.2) is 37.1 Å². The Morgan fingerprint density at radius 1 is 1.18 bits per heavy atom. The Labute approximate surface area is 107 Å². The second-order valence-corrected chi connectivity index (χ2v) is 6.33. The van der Waals surface area contributed by atoms with Gasteiger partial charge in [-0.05, 0) is 64.1 Å². The minimum Gasteiger partial charge on any atom is -0.314 e. The van der Waals surface area contributed by atoms with Crippen LogP contribution in [0.4, 0.5) is 0 Å². The highest BCUT2D eigenvalue weighted by atomic mass is 15.1. The second kappa shape index (κ2) is 6.19. The van der Waals surface area contributed by atoms with Gasteiger partial charge in [-0.3, -0.25) is 0 Å². The van der Waals surface area contributed by atoms with E-state index in [1.165, 1.54) is 71.1 Å². The second-order valence-electron chi connectivity index (χ2n) is 6.33. The maximum absolute atomic E-state index is 3.60. The molecule has 0 bridgehead atoms. The Kier molecular flexibility index (Phi) is 4.87. The van der Waals surface area contributed by atoms with E-state index in [-0.39, 0.29) is 0 Å².